The first kappa shape index (κ1) is 15.7. The van der Waals surface area contributed by atoms with E-state index in [1.807, 2.05) is 19.9 Å². The average molecular weight is 325 g/mol. The molecular formula is C16H14Cl2O3. The average Bonchev–Trinajstić information content (AvgIpc) is 2.38. The van der Waals surface area contributed by atoms with Crippen molar-refractivity contribution in [3.8, 4) is 11.5 Å². The topological polar surface area (TPSA) is 46.5 Å². The molecule has 1 N–H and O–H groups in total. The number of rotatable bonds is 4. The fraction of sp³-hybridized carbons (Fsp3) is 0.188. The Morgan fingerprint density at radius 2 is 1.81 bits per heavy atom. The Bertz CT molecular complexity index is 696. The molecule has 0 spiro atoms. The van der Waals surface area contributed by atoms with E-state index in [0.29, 0.717) is 27.1 Å². The molecule has 0 saturated carbocycles. The van der Waals surface area contributed by atoms with Gasteiger partial charge in [0.05, 0.1) is 11.4 Å². The molecular weight excluding hydrogens is 311 g/mol. The third-order valence-electron chi connectivity index (χ3n) is 2.99. The van der Waals surface area contributed by atoms with E-state index in [1.54, 1.807) is 24.3 Å². The van der Waals surface area contributed by atoms with Crippen molar-refractivity contribution in [1.82, 2.24) is 0 Å². The van der Waals surface area contributed by atoms with Crippen LogP contribution in [0, 0.1) is 13.8 Å². The van der Waals surface area contributed by atoms with Crippen molar-refractivity contribution in [2.75, 3.05) is 0 Å². The van der Waals surface area contributed by atoms with Crippen LogP contribution >= 0.6 is 23.2 Å². The van der Waals surface area contributed by atoms with Gasteiger partial charge in [-0.2, -0.15) is 0 Å². The van der Waals surface area contributed by atoms with Crippen molar-refractivity contribution in [2.45, 2.75) is 20.3 Å². The number of halogens is 2. The molecule has 3 nitrogen and oxygen atoms in total. The molecule has 2 aromatic carbocycles. The smallest absolute Gasteiger partial charge is 0.307 e. The van der Waals surface area contributed by atoms with Gasteiger partial charge in [0.25, 0.3) is 0 Å². The highest BCUT2D eigenvalue weighted by Crippen LogP contribution is 2.34. The second-order valence-electron chi connectivity index (χ2n) is 4.82. The van der Waals surface area contributed by atoms with Crippen LogP contribution in [-0.4, -0.2) is 11.1 Å². The molecule has 2 rings (SSSR count). The summed E-state index contributed by atoms with van der Waals surface area (Å²) in [6.07, 6.45) is -0.168. The van der Waals surface area contributed by atoms with E-state index in [4.69, 9.17) is 33.0 Å². The largest absolute Gasteiger partial charge is 0.481 e. The summed E-state index contributed by atoms with van der Waals surface area (Å²) in [5.41, 5.74) is 2.34. The van der Waals surface area contributed by atoms with Gasteiger partial charge in [-0.1, -0.05) is 29.3 Å². The molecule has 0 saturated heterocycles. The van der Waals surface area contributed by atoms with Crippen molar-refractivity contribution >= 4 is 29.2 Å². The van der Waals surface area contributed by atoms with Crippen LogP contribution in [0.1, 0.15) is 16.7 Å². The van der Waals surface area contributed by atoms with Crippen LogP contribution in [0.25, 0.3) is 0 Å². The Labute approximate surface area is 133 Å². The molecule has 2 aromatic rings. The van der Waals surface area contributed by atoms with Crippen molar-refractivity contribution in [3.63, 3.8) is 0 Å². The van der Waals surface area contributed by atoms with Crippen LogP contribution < -0.4 is 4.74 Å². The third kappa shape index (κ3) is 3.90. The van der Waals surface area contributed by atoms with Crippen LogP contribution in [0.2, 0.25) is 10.0 Å². The van der Waals surface area contributed by atoms with Gasteiger partial charge >= 0.3 is 5.97 Å². The summed E-state index contributed by atoms with van der Waals surface area (Å²) in [7, 11) is 0. The highest BCUT2D eigenvalue weighted by Gasteiger charge is 2.13. The standard InChI is InChI=1S/C16H14Cl2O3/c1-9-3-4-14(13(18)5-9)21-15-6-10(2)12(17)7-11(15)8-16(19)20/h3-7H,8H2,1-2H3,(H,19,20). The molecule has 0 unspecified atom stereocenters. The van der Waals surface area contributed by atoms with Crippen LogP contribution in [0.5, 0.6) is 11.5 Å². The number of hydrogen-bond donors (Lipinski definition) is 1. The number of hydrogen-bond acceptors (Lipinski definition) is 2. The zero-order valence-corrected chi connectivity index (χ0v) is 13.1. The Morgan fingerprint density at radius 3 is 2.43 bits per heavy atom. The summed E-state index contributed by atoms with van der Waals surface area (Å²) < 4.78 is 5.78. The zero-order valence-electron chi connectivity index (χ0n) is 11.6. The minimum absolute atomic E-state index is 0.168. The summed E-state index contributed by atoms with van der Waals surface area (Å²) in [5, 5.41) is 9.97. The molecule has 0 aliphatic rings. The molecule has 0 aromatic heterocycles. The molecule has 0 aliphatic heterocycles. The first-order valence-corrected chi connectivity index (χ1v) is 7.07. The highest BCUT2D eigenvalue weighted by atomic mass is 35.5. The number of carboxylic acid groups (broad SMARTS) is 1. The maximum atomic E-state index is 11.0. The summed E-state index contributed by atoms with van der Waals surface area (Å²) in [4.78, 5) is 11.0. The number of ether oxygens (including phenoxy) is 1. The Balaban J connectivity index is 2.42. The van der Waals surface area contributed by atoms with E-state index in [9.17, 15) is 4.79 Å². The van der Waals surface area contributed by atoms with E-state index >= 15 is 0 Å². The minimum atomic E-state index is -0.949. The van der Waals surface area contributed by atoms with Gasteiger partial charge in [0.15, 0.2) is 0 Å². The quantitative estimate of drug-likeness (QED) is 0.857. The first-order chi connectivity index (χ1) is 9.86. The van der Waals surface area contributed by atoms with E-state index < -0.39 is 5.97 Å². The van der Waals surface area contributed by atoms with E-state index in [2.05, 4.69) is 0 Å². The maximum absolute atomic E-state index is 11.0. The number of aliphatic carboxylic acids is 1. The molecule has 5 heteroatoms. The summed E-state index contributed by atoms with van der Waals surface area (Å²) in [5.74, 6) is -0.0181. The molecule has 0 aliphatic carbocycles. The van der Waals surface area contributed by atoms with Gasteiger partial charge in [-0.25, -0.2) is 0 Å². The van der Waals surface area contributed by atoms with Gasteiger partial charge in [0, 0.05) is 10.6 Å². The maximum Gasteiger partial charge on any atom is 0.307 e. The first-order valence-electron chi connectivity index (χ1n) is 6.31. The lowest BCUT2D eigenvalue weighted by molar-refractivity contribution is -0.136. The summed E-state index contributed by atoms with van der Waals surface area (Å²) in [6.45, 7) is 3.76. The normalized spacial score (nSPS) is 10.5. The molecule has 0 atom stereocenters. The van der Waals surface area contributed by atoms with Gasteiger partial charge in [-0.15, -0.1) is 0 Å². The third-order valence-corrected chi connectivity index (χ3v) is 3.69. The predicted octanol–water partition coefficient (Wildman–Crippen LogP) is 5.03. The second-order valence-corrected chi connectivity index (χ2v) is 5.63. The lowest BCUT2D eigenvalue weighted by Crippen LogP contribution is -2.03. The zero-order chi connectivity index (χ0) is 15.6. The fourth-order valence-corrected chi connectivity index (χ4v) is 2.36. The Hall–Kier alpha value is -1.71. The minimum Gasteiger partial charge on any atom is -0.481 e. The predicted molar refractivity (Wildman–Crippen MR) is 83.8 cm³/mol. The molecule has 0 amide bonds. The summed E-state index contributed by atoms with van der Waals surface area (Å²) >= 11 is 12.2. The number of aryl methyl sites for hydroxylation is 2. The van der Waals surface area contributed by atoms with Gasteiger partial charge < -0.3 is 9.84 Å². The van der Waals surface area contributed by atoms with Crippen molar-refractivity contribution < 1.29 is 14.6 Å². The Morgan fingerprint density at radius 1 is 1.10 bits per heavy atom. The van der Waals surface area contributed by atoms with E-state index in [0.717, 1.165) is 11.1 Å². The lowest BCUT2D eigenvalue weighted by Gasteiger charge is -2.13. The highest BCUT2D eigenvalue weighted by molar-refractivity contribution is 6.32. The van der Waals surface area contributed by atoms with Crippen molar-refractivity contribution in [3.05, 3.63) is 57.1 Å². The lowest BCUT2D eigenvalue weighted by atomic mass is 10.1. The van der Waals surface area contributed by atoms with Gasteiger partial charge in [0.1, 0.15) is 11.5 Å². The van der Waals surface area contributed by atoms with Crippen LogP contribution in [-0.2, 0) is 11.2 Å². The fourth-order valence-electron chi connectivity index (χ4n) is 1.90. The van der Waals surface area contributed by atoms with E-state index in [-0.39, 0.29) is 6.42 Å². The van der Waals surface area contributed by atoms with Gasteiger partial charge in [0.2, 0.25) is 0 Å². The molecule has 21 heavy (non-hydrogen) atoms. The Kier molecular flexibility index (Phi) is 4.76. The van der Waals surface area contributed by atoms with Gasteiger partial charge in [-0.05, 0) is 49.2 Å². The van der Waals surface area contributed by atoms with E-state index in [1.165, 1.54) is 0 Å². The van der Waals surface area contributed by atoms with Crippen LogP contribution in [0.4, 0.5) is 0 Å². The number of benzene rings is 2. The molecule has 0 fully saturated rings. The monoisotopic (exact) mass is 324 g/mol. The number of carboxylic acids is 1. The van der Waals surface area contributed by atoms with Gasteiger partial charge in [-0.3, -0.25) is 4.79 Å². The van der Waals surface area contributed by atoms with Crippen LogP contribution in [0.3, 0.4) is 0 Å². The molecule has 110 valence electrons. The molecule has 0 bridgehead atoms. The molecule has 0 radical (unpaired) electrons. The second kappa shape index (κ2) is 6.37. The van der Waals surface area contributed by atoms with Crippen LogP contribution in [0.15, 0.2) is 30.3 Å². The number of carbonyl (C=O) groups is 1. The van der Waals surface area contributed by atoms with Crippen molar-refractivity contribution in [1.29, 1.82) is 0 Å². The SMILES string of the molecule is Cc1ccc(Oc2cc(C)c(Cl)cc2CC(=O)O)c(Cl)c1. The van der Waals surface area contributed by atoms with Crippen molar-refractivity contribution in [2.24, 2.45) is 0 Å². The molecule has 0 heterocycles. The summed E-state index contributed by atoms with van der Waals surface area (Å²) in [6, 6.07) is 8.75.